The van der Waals surface area contributed by atoms with Gasteiger partial charge in [0.25, 0.3) is 0 Å². The van der Waals surface area contributed by atoms with Crippen LogP contribution in [-0.2, 0) is 47.6 Å². The number of aliphatic hydroxyl groups is 2. The zero-order valence-electron chi connectivity index (χ0n) is 42.6. The minimum Gasteiger partial charge on any atom is -0.481 e. The number of rotatable bonds is 12. The molecule has 2 aliphatic carbocycles. The molecule has 8 aromatic rings. The number of carboxylic acid groups (broad SMARTS) is 2. The summed E-state index contributed by atoms with van der Waals surface area (Å²) in [6, 6.07) is 27.5. The van der Waals surface area contributed by atoms with Gasteiger partial charge in [-0.15, -0.1) is 22.7 Å². The van der Waals surface area contributed by atoms with Crippen LogP contribution in [0.3, 0.4) is 0 Å². The Bertz CT molecular complexity index is 3330. The molecule has 0 unspecified atom stereocenters. The Balaban J connectivity index is 0.000000169. The molecule has 0 spiro atoms. The number of hydrogen-bond donors (Lipinski definition) is 4. The van der Waals surface area contributed by atoms with Gasteiger partial charge in [0, 0.05) is 37.3 Å². The molecular weight excluding hydrogens is 1090 g/mol. The number of aliphatic hydroxyl groups excluding tert-OH is 2. The largest absolute Gasteiger partial charge is 0.481 e. The molecule has 4 atom stereocenters. The third kappa shape index (κ3) is 11.3. The van der Waals surface area contributed by atoms with E-state index in [2.05, 4.69) is 20.3 Å². The molecule has 0 radical (unpaired) electrons. The number of aryl methyl sites for hydroxylation is 4. The minimum absolute atomic E-state index is 0.127. The van der Waals surface area contributed by atoms with Crippen molar-refractivity contribution in [1.82, 2.24) is 30.1 Å². The van der Waals surface area contributed by atoms with E-state index in [4.69, 9.17) is 9.05 Å². The molecule has 0 amide bonds. The Labute approximate surface area is 462 Å². The third-order valence-electron chi connectivity index (χ3n) is 15.2. The lowest BCUT2D eigenvalue weighted by atomic mass is 9.91. The van der Waals surface area contributed by atoms with Crippen molar-refractivity contribution in [2.75, 3.05) is 39.3 Å². The van der Waals surface area contributed by atoms with Gasteiger partial charge >= 0.3 is 24.3 Å². The van der Waals surface area contributed by atoms with E-state index in [1.807, 2.05) is 46.2 Å². The molecule has 6 heterocycles. The van der Waals surface area contributed by atoms with E-state index < -0.39 is 59.5 Å². The van der Waals surface area contributed by atoms with Crippen LogP contribution in [0.4, 0.5) is 26.3 Å². The number of fused-ring (bicyclic) bond motifs is 6. The second-order valence-electron chi connectivity index (χ2n) is 20.5. The summed E-state index contributed by atoms with van der Waals surface area (Å²) < 4.78 is 95.8. The number of carboxylic acids is 2. The lowest BCUT2D eigenvalue weighted by Gasteiger charge is -2.32. The average molecular weight is 1140 g/mol. The van der Waals surface area contributed by atoms with Gasteiger partial charge in [0.05, 0.1) is 45.2 Å². The molecule has 4 N–H and O–H groups in total. The fraction of sp³-hybridized carbons (Fsp3) is 0.345. The van der Waals surface area contributed by atoms with Gasteiger partial charge in [-0.3, -0.25) is 19.4 Å². The monoisotopic (exact) mass is 1140 g/mol. The normalized spacial score (nSPS) is 18.2. The van der Waals surface area contributed by atoms with Gasteiger partial charge in [-0.2, -0.15) is 26.3 Å². The van der Waals surface area contributed by atoms with Gasteiger partial charge in [-0.25, -0.2) is 9.97 Å². The summed E-state index contributed by atoms with van der Waals surface area (Å²) in [6.45, 7) is 3.00. The number of likely N-dealkylation sites (tertiary alicyclic amines) is 2. The molecule has 2 saturated heterocycles. The Morgan fingerprint density at radius 1 is 0.588 bits per heavy atom. The van der Waals surface area contributed by atoms with E-state index in [0.717, 1.165) is 91.7 Å². The lowest BCUT2D eigenvalue weighted by Crippen LogP contribution is -2.40. The van der Waals surface area contributed by atoms with Crippen LogP contribution in [0.2, 0.25) is 0 Å². The van der Waals surface area contributed by atoms with Gasteiger partial charge in [0.1, 0.15) is 22.5 Å². The number of piperidine rings is 2. The molecule has 4 aromatic carbocycles. The maximum Gasteiger partial charge on any atom is 0.422 e. The average Bonchev–Trinajstić information content (AvgIpc) is 4.41. The van der Waals surface area contributed by atoms with E-state index in [1.165, 1.54) is 0 Å². The second-order valence-corrected chi connectivity index (χ2v) is 22.5. The van der Waals surface area contributed by atoms with E-state index in [0.29, 0.717) is 87.2 Å². The molecule has 12 rings (SSSR count). The molecule has 416 valence electrons. The standard InChI is InChI=1S/2C29H26F3N3O4S/c2*30-29(31,32)23-24(16-5-2-1-3-6-16)34-39-25(23)27-33-21-11-9-17-13-18(8-10-20(17)26(21)40-27)22(36)15-35-12-4-7-19(14-35)28(37)38/h2*1-3,5-6,8,10,13,19,22,36H,4,7,9,11-12,14-15H2,(H,37,38)/t19-,22+;19-,22-/m00/s1. The van der Waals surface area contributed by atoms with Crippen LogP contribution in [0.1, 0.15) is 82.7 Å². The first-order valence-corrected chi connectivity index (χ1v) is 27.8. The third-order valence-corrected chi connectivity index (χ3v) is 17.4. The first kappa shape index (κ1) is 54.9. The number of hydrogen-bond acceptors (Lipinski definition) is 14. The van der Waals surface area contributed by atoms with Gasteiger partial charge < -0.3 is 29.5 Å². The highest BCUT2D eigenvalue weighted by molar-refractivity contribution is 7.19. The van der Waals surface area contributed by atoms with E-state index in [1.54, 1.807) is 60.7 Å². The molecule has 4 aromatic heterocycles. The van der Waals surface area contributed by atoms with Crippen LogP contribution >= 0.6 is 22.7 Å². The topological polar surface area (TPSA) is 199 Å². The Morgan fingerprint density at radius 3 is 1.36 bits per heavy atom. The molecule has 2 aliphatic heterocycles. The van der Waals surface area contributed by atoms with Gasteiger partial charge in [0.2, 0.25) is 11.5 Å². The van der Waals surface area contributed by atoms with E-state index in [9.17, 15) is 56.4 Å². The summed E-state index contributed by atoms with van der Waals surface area (Å²) >= 11 is 2.29. The first-order chi connectivity index (χ1) is 38.4. The number of β-amino-alcohol motifs (C(OH)–C–C–N with tert-alkyl or cyclic N) is 2. The van der Waals surface area contributed by atoms with Crippen molar-refractivity contribution >= 4 is 34.6 Å². The molecule has 2 fully saturated rings. The molecule has 14 nitrogen and oxygen atoms in total. The van der Waals surface area contributed by atoms with Gasteiger partial charge in [0.15, 0.2) is 10.0 Å². The molecule has 22 heteroatoms. The van der Waals surface area contributed by atoms with Crippen LogP contribution in [0.5, 0.6) is 0 Å². The minimum atomic E-state index is -4.69. The Kier molecular flexibility index (Phi) is 15.4. The zero-order valence-corrected chi connectivity index (χ0v) is 44.3. The lowest BCUT2D eigenvalue weighted by molar-refractivity contribution is -0.144. The summed E-state index contributed by atoms with van der Waals surface area (Å²) in [6.07, 6.45) is -5.73. The maximum absolute atomic E-state index is 14.2. The van der Waals surface area contributed by atoms with Crippen molar-refractivity contribution in [3.63, 3.8) is 0 Å². The van der Waals surface area contributed by atoms with Crippen molar-refractivity contribution in [2.45, 2.75) is 75.9 Å². The summed E-state index contributed by atoms with van der Waals surface area (Å²) in [7, 11) is 0. The molecule has 0 bridgehead atoms. The van der Waals surface area contributed by atoms with E-state index in [-0.39, 0.29) is 32.9 Å². The van der Waals surface area contributed by atoms with Crippen LogP contribution in [-0.4, -0.2) is 102 Å². The maximum atomic E-state index is 14.2. The van der Waals surface area contributed by atoms with Gasteiger partial charge in [-0.1, -0.05) is 107 Å². The van der Waals surface area contributed by atoms with Crippen molar-refractivity contribution in [2.24, 2.45) is 11.8 Å². The second kappa shape index (κ2) is 22.5. The first-order valence-electron chi connectivity index (χ1n) is 26.2. The smallest absolute Gasteiger partial charge is 0.422 e. The van der Waals surface area contributed by atoms with Gasteiger partial charge in [-0.05, 0) is 97.8 Å². The molecule has 0 saturated carbocycles. The van der Waals surface area contributed by atoms with Crippen molar-refractivity contribution in [1.29, 1.82) is 0 Å². The number of thiazole rings is 2. The zero-order chi connectivity index (χ0) is 56.0. The predicted molar refractivity (Wildman–Crippen MR) is 285 cm³/mol. The highest BCUT2D eigenvalue weighted by atomic mass is 32.1. The van der Waals surface area contributed by atoms with Crippen LogP contribution < -0.4 is 0 Å². The number of halogens is 6. The summed E-state index contributed by atoms with van der Waals surface area (Å²) in [5, 5.41) is 48.4. The number of aliphatic carboxylic acids is 2. The number of benzene rings is 4. The van der Waals surface area contributed by atoms with Crippen molar-refractivity contribution < 1.29 is 65.4 Å². The number of carbonyl (C=O) groups is 2. The highest BCUT2D eigenvalue weighted by Gasteiger charge is 2.44. The SMILES string of the molecule is O=C(O)[C@H]1CCCN(C[C@@H](O)c2ccc3c(c2)CCc2nc(-c4onc(-c5ccccc5)c4C(F)(F)F)sc2-3)C1.O=C(O)[C@H]1CCCN(C[C@H](O)c2ccc3c(c2)CCc2nc(-c4onc(-c5ccccc5)c4C(F)(F)F)sc2-3)C1. The van der Waals surface area contributed by atoms with Crippen molar-refractivity contribution in [3.8, 4) is 64.9 Å². The van der Waals surface area contributed by atoms with Crippen LogP contribution in [0.25, 0.3) is 64.9 Å². The fourth-order valence-corrected chi connectivity index (χ4v) is 13.5. The number of aromatic nitrogens is 4. The van der Waals surface area contributed by atoms with Crippen LogP contribution in [0.15, 0.2) is 106 Å². The highest BCUT2D eigenvalue weighted by Crippen LogP contribution is 2.50. The summed E-state index contributed by atoms with van der Waals surface area (Å²) in [5.74, 6) is -3.24. The quantitative estimate of drug-likeness (QED) is 0.0842. The molecular formula is C58H52F6N6O8S2. The number of alkyl halides is 6. The Hall–Kier alpha value is -7.08. The predicted octanol–water partition coefficient (Wildman–Crippen LogP) is 12.2. The summed E-state index contributed by atoms with van der Waals surface area (Å²) in [4.78, 5) is 37.4. The molecule has 4 aliphatic rings. The summed E-state index contributed by atoms with van der Waals surface area (Å²) in [5.41, 5.74) is 4.81. The molecule has 80 heavy (non-hydrogen) atoms. The van der Waals surface area contributed by atoms with Crippen molar-refractivity contribution in [3.05, 3.63) is 142 Å². The number of nitrogens with zero attached hydrogens (tertiary/aromatic N) is 6. The van der Waals surface area contributed by atoms with Crippen LogP contribution in [0, 0.1) is 11.8 Å². The Morgan fingerprint density at radius 2 is 0.988 bits per heavy atom. The fourth-order valence-electron chi connectivity index (χ4n) is 11.2. The van der Waals surface area contributed by atoms with E-state index >= 15 is 0 Å².